The molecule has 0 saturated heterocycles. The van der Waals surface area contributed by atoms with E-state index in [1.165, 1.54) is 0 Å². The average molecular weight is 385 g/mol. The number of rotatable bonds is 7. The van der Waals surface area contributed by atoms with Gasteiger partial charge in [-0.25, -0.2) is 0 Å². The Labute approximate surface area is 163 Å². The Bertz CT molecular complexity index is 879. The Morgan fingerprint density at radius 1 is 0.885 bits per heavy atom. The third kappa shape index (κ3) is 5.25. The minimum Gasteiger partial charge on any atom is -0.488 e. The van der Waals surface area contributed by atoms with Crippen LogP contribution in [0.1, 0.15) is 16.7 Å². The number of nitrogens with one attached hydrogen (secondary N) is 1. The van der Waals surface area contributed by atoms with Crippen molar-refractivity contribution >= 4 is 29.4 Å². The monoisotopic (exact) mass is 384 g/mol. The zero-order valence-electron chi connectivity index (χ0n) is 14.0. The van der Waals surface area contributed by atoms with Gasteiger partial charge in [0.15, 0.2) is 0 Å². The molecule has 0 fully saturated rings. The van der Waals surface area contributed by atoms with Crippen LogP contribution in [0.2, 0.25) is 10.0 Å². The van der Waals surface area contributed by atoms with Crippen molar-refractivity contribution in [3.8, 4) is 5.75 Å². The fourth-order valence-corrected chi connectivity index (χ4v) is 2.68. The van der Waals surface area contributed by atoms with Gasteiger partial charge in [0.25, 0.3) is 0 Å². The summed E-state index contributed by atoms with van der Waals surface area (Å²) in [7, 11) is 0. The summed E-state index contributed by atoms with van der Waals surface area (Å²) in [4.78, 5) is 0. The molecular weight excluding hydrogens is 367 g/mol. The number of hydrogen-bond acceptors (Lipinski definition) is 3. The van der Waals surface area contributed by atoms with Crippen molar-refractivity contribution in [3.63, 3.8) is 0 Å². The van der Waals surface area contributed by atoms with Gasteiger partial charge in [-0.2, -0.15) is 5.10 Å². The van der Waals surface area contributed by atoms with E-state index in [1.54, 1.807) is 6.21 Å². The predicted molar refractivity (Wildman–Crippen MR) is 108 cm³/mol. The van der Waals surface area contributed by atoms with E-state index < -0.39 is 0 Å². The van der Waals surface area contributed by atoms with Gasteiger partial charge in [-0.05, 0) is 41.5 Å². The maximum atomic E-state index is 6.13. The molecule has 5 heteroatoms. The molecule has 0 atom stereocenters. The van der Waals surface area contributed by atoms with Gasteiger partial charge in [0.05, 0.1) is 12.8 Å². The fourth-order valence-electron chi connectivity index (χ4n) is 2.35. The highest BCUT2D eigenvalue weighted by Crippen LogP contribution is 2.19. The first-order valence-electron chi connectivity index (χ1n) is 8.18. The summed E-state index contributed by atoms with van der Waals surface area (Å²) >= 11 is 12.0. The molecule has 0 unspecified atom stereocenters. The zero-order valence-corrected chi connectivity index (χ0v) is 15.5. The van der Waals surface area contributed by atoms with Gasteiger partial charge in [-0.15, -0.1) is 0 Å². The molecule has 0 aliphatic heterocycles. The number of hydrazone groups is 1. The first-order chi connectivity index (χ1) is 12.7. The van der Waals surface area contributed by atoms with Crippen molar-refractivity contribution in [1.29, 1.82) is 0 Å². The van der Waals surface area contributed by atoms with Crippen LogP contribution in [0.3, 0.4) is 0 Å². The van der Waals surface area contributed by atoms with Crippen LogP contribution >= 0.6 is 23.2 Å². The number of hydrogen-bond donors (Lipinski definition) is 1. The van der Waals surface area contributed by atoms with Gasteiger partial charge in [0.2, 0.25) is 0 Å². The van der Waals surface area contributed by atoms with E-state index >= 15 is 0 Å². The van der Waals surface area contributed by atoms with Crippen LogP contribution in [0.4, 0.5) is 0 Å². The molecule has 0 spiro atoms. The van der Waals surface area contributed by atoms with Crippen molar-refractivity contribution in [1.82, 2.24) is 5.43 Å². The third-order valence-electron chi connectivity index (χ3n) is 3.75. The summed E-state index contributed by atoms with van der Waals surface area (Å²) in [5.41, 5.74) is 5.96. The highest BCUT2D eigenvalue weighted by atomic mass is 35.5. The van der Waals surface area contributed by atoms with Gasteiger partial charge < -0.3 is 10.2 Å². The van der Waals surface area contributed by atoms with Crippen LogP contribution in [0.5, 0.6) is 5.75 Å². The SMILES string of the molecule is Clc1ccc(COc2ccccc2/C=N\NCc2ccccc2Cl)cc1. The molecule has 132 valence electrons. The van der Waals surface area contributed by atoms with E-state index in [2.05, 4.69) is 10.5 Å². The summed E-state index contributed by atoms with van der Waals surface area (Å²) in [5, 5.41) is 5.71. The Kier molecular flexibility index (Phi) is 6.53. The summed E-state index contributed by atoms with van der Waals surface area (Å²) in [6.45, 7) is 1.03. The van der Waals surface area contributed by atoms with Crippen LogP contribution in [-0.2, 0) is 13.2 Å². The van der Waals surface area contributed by atoms with Gasteiger partial charge in [0.1, 0.15) is 12.4 Å². The molecule has 0 amide bonds. The predicted octanol–water partition coefficient (Wildman–Crippen LogP) is 5.70. The molecule has 26 heavy (non-hydrogen) atoms. The highest BCUT2D eigenvalue weighted by Gasteiger charge is 2.02. The molecule has 0 heterocycles. The van der Waals surface area contributed by atoms with Crippen LogP contribution in [-0.4, -0.2) is 6.21 Å². The Morgan fingerprint density at radius 2 is 1.62 bits per heavy atom. The van der Waals surface area contributed by atoms with Gasteiger partial charge >= 0.3 is 0 Å². The topological polar surface area (TPSA) is 33.6 Å². The standard InChI is InChI=1S/C21H18Cl2N2O/c22-19-11-9-16(10-12-19)15-26-21-8-4-2-6-18(21)14-25-24-13-17-5-1-3-7-20(17)23/h1-12,14,24H,13,15H2/b25-14-. The number of halogens is 2. The largest absolute Gasteiger partial charge is 0.488 e. The molecule has 0 radical (unpaired) electrons. The van der Waals surface area contributed by atoms with E-state index in [1.807, 2.05) is 72.8 Å². The fraction of sp³-hybridized carbons (Fsp3) is 0.0952. The smallest absolute Gasteiger partial charge is 0.128 e. The van der Waals surface area contributed by atoms with Crippen molar-refractivity contribution < 1.29 is 4.74 Å². The molecule has 0 saturated carbocycles. The maximum Gasteiger partial charge on any atom is 0.128 e. The second-order valence-electron chi connectivity index (χ2n) is 5.64. The normalized spacial score (nSPS) is 10.8. The van der Waals surface area contributed by atoms with E-state index in [0.29, 0.717) is 18.2 Å². The minimum absolute atomic E-state index is 0.467. The molecule has 3 rings (SSSR count). The number of nitrogens with zero attached hydrogens (tertiary/aromatic N) is 1. The van der Waals surface area contributed by atoms with E-state index in [-0.39, 0.29) is 0 Å². The van der Waals surface area contributed by atoms with Gasteiger partial charge in [-0.1, -0.05) is 65.7 Å². The third-order valence-corrected chi connectivity index (χ3v) is 4.37. The van der Waals surface area contributed by atoms with Gasteiger partial charge in [-0.3, -0.25) is 0 Å². The van der Waals surface area contributed by atoms with Crippen LogP contribution < -0.4 is 10.2 Å². The Balaban J connectivity index is 1.59. The Hall–Kier alpha value is -2.49. The lowest BCUT2D eigenvalue weighted by molar-refractivity contribution is 0.306. The van der Waals surface area contributed by atoms with Gasteiger partial charge in [0, 0.05) is 15.6 Å². The van der Waals surface area contributed by atoms with Crippen LogP contribution in [0.15, 0.2) is 77.9 Å². The lowest BCUT2D eigenvalue weighted by Crippen LogP contribution is -2.06. The molecule has 1 N–H and O–H groups in total. The second kappa shape index (κ2) is 9.27. The van der Waals surface area contributed by atoms with Crippen LogP contribution in [0.25, 0.3) is 0 Å². The lowest BCUT2D eigenvalue weighted by Gasteiger charge is -2.09. The van der Waals surface area contributed by atoms with E-state index in [4.69, 9.17) is 27.9 Å². The van der Waals surface area contributed by atoms with Crippen molar-refractivity contribution in [2.45, 2.75) is 13.2 Å². The summed E-state index contributed by atoms with van der Waals surface area (Å²) in [6, 6.07) is 23.1. The molecule has 0 bridgehead atoms. The second-order valence-corrected chi connectivity index (χ2v) is 6.48. The molecular formula is C21H18Cl2N2O. The number of ether oxygens (including phenoxy) is 1. The molecule has 3 nitrogen and oxygen atoms in total. The quantitative estimate of drug-likeness (QED) is 0.418. The van der Waals surface area contributed by atoms with Crippen LogP contribution in [0, 0.1) is 0 Å². The van der Waals surface area contributed by atoms with Crippen molar-refractivity contribution in [3.05, 3.63) is 99.5 Å². The summed E-state index contributed by atoms with van der Waals surface area (Å²) in [6.07, 6.45) is 1.74. The Morgan fingerprint density at radius 3 is 2.42 bits per heavy atom. The first-order valence-corrected chi connectivity index (χ1v) is 8.93. The highest BCUT2D eigenvalue weighted by molar-refractivity contribution is 6.31. The molecule has 3 aromatic rings. The lowest BCUT2D eigenvalue weighted by atomic mass is 10.2. The first kappa shape index (κ1) is 18.3. The van der Waals surface area contributed by atoms with E-state index in [0.717, 1.165) is 27.5 Å². The van der Waals surface area contributed by atoms with E-state index in [9.17, 15) is 0 Å². The number of para-hydroxylation sites is 1. The maximum absolute atomic E-state index is 6.13. The molecule has 3 aromatic carbocycles. The van der Waals surface area contributed by atoms with Crippen molar-refractivity contribution in [2.75, 3.05) is 0 Å². The molecule has 0 aromatic heterocycles. The molecule has 0 aliphatic carbocycles. The molecule has 0 aliphatic rings. The zero-order chi connectivity index (χ0) is 18.2. The van der Waals surface area contributed by atoms with Crippen molar-refractivity contribution in [2.24, 2.45) is 5.10 Å². The summed E-state index contributed by atoms with van der Waals surface area (Å²) < 4.78 is 5.91. The number of benzene rings is 3. The summed E-state index contributed by atoms with van der Waals surface area (Å²) in [5.74, 6) is 0.769. The minimum atomic E-state index is 0.467. The average Bonchev–Trinajstić information content (AvgIpc) is 2.67.